The largest absolute Gasteiger partial charge is 0.458 e. The molecule has 0 aromatic rings. The predicted molar refractivity (Wildman–Crippen MR) is 54.7 cm³/mol. The molecule has 0 spiro atoms. The van der Waals surface area contributed by atoms with E-state index in [-0.39, 0.29) is 12.1 Å². The first-order valence-corrected chi connectivity index (χ1v) is 5.23. The Balaban J connectivity index is 1.93. The van der Waals surface area contributed by atoms with E-state index in [2.05, 4.69) is 12.2 Å². The summed E-state index contributed by atoms with van der Waals surface area (Å²) in [6, 6.07) is 0. The summed E-state index contributed by atoms with van der Waals surface area (Å²) in [6.45, 7) is 3.66. The van der Waals surface area contributed by atoms with E-state index in [0.29, 0.717) is 17.4 Å². The van der Waals surface area contributed by atoms with E-state index >= 15 is 0 Å². The molecule has 3 atom stereocenters. The highest BCUT2D eigenvalue weighted by molar-refractivity contribution is 5.87. The summed E-state index contributed by atoms with van der Waals surface area (Å²) in [5.41, 5.74) is 0.705. The molecule has 0 aromatic carbocycles. The summed E-state index contributed by atoms with van der Waals surface area (Å²) in [7, 11) is 0. The minimum Gasteiger partial charge on any atom is -0.458 e. The molecule has 0 aliphatic heterocycles. The fourth-order valence-electron chi connectivity index (χ4n) is 2.21. The van der Waals surface area contributed by atoms with Crippen LogP contribution in [0.1, 0.15) is 26.7 Å². The van der Waals surface area contributed by atoms with Crippen molar-refractivity contribution < 1.29 is 9.53 Å². The second-order valence-electron chi connectivity index (χ2n) is 4.20. The molecule has 2 bridgehead atoms. The molecule has 2 aliphatic carbocycles. The molecule has 0 heterocycles. The maximum absolute atomic E-state index is 11.5. The highest BCUT2D eigenvalue weighted by Gasteiger charge is 2.38. The molecule has 3 unspecified atom stereocenters. The lowest BCUT2D eigenvalue weighted by molar-refractivity contribution is -0.145. The molecule has 0 N–H and O–H groups in total. The van der Waals surface area contributed by atoms with Crippen molar-refractivity contribution in [2.75, 3.05) is 0 Å². The summed E-state index contributed by atoms with van der Waals surface area (Å²) in [5, 5.41) is 0. The van der Waals surface area contributed by atoms with Crippen LogP contribution in [0.5, 0.6) is 0 Å². The number of rotatable bonds is 2. The van der Waals surface area contributed by atoms with Crippen LogP contribution < -0.4 is 0 Å². The fraction of sp³-hybridized carbons (Fsp3) is 0.583. The van der Waals surface area contributed by atoms with Gasteiger partial charge in [0, 0.05) is 11.5 Å². The van der Waals surface area contributed by atoms with Crippen LogP contribution in [0.3, 0.4) is 0 Å². The number of hydrogen-bond acceptors (Lipinski definition) is 2. The average molecular weight is 192 g/mol. The molecule has 2 rings (SSSR count). The molecule has 2 heteroatoms. The van der Waals surface area contributed by atoms with Gasteiger partial charge < -0.3 is 4.74 Å². The second kappa shape index (κ2) is 3.60. The van der Waals surface area contributed by atoms with E-state index in [1.54, 1.807) is 13.0 Å². The predicted octanol–water partition coefficient (Wildman–Crippen LogP) is 2.46. The number of hydrogen-bond donors (Lipinski definition) is 0. The van der Waals surface area contributed by atoms with Crippen molar-refractivity contribution in [3.63, 3.8) is 0 Å². The minimum atomic E-state index is -0.154. The number of carbonyl (C=O) groups excluding carboxylic acids is 1. The zero-order chi connectivity index (χ0) is 10.1. The lowest BCUT2D eigenvalue weighted by Gasteiger charge is -2.18. The molecule has 0 radical (unpaired) electrons. The quantitative estimate of drug-likeness (QED) is 0.381. The lowest BCUT2D eigenvalue weighted by atomic mass is 10.0. The van der Waals surface area contributed by atoms with Crippen molar-refractivity contribution in [2.45, 2.75) is 32.8 Å². The Kier molecular flexibility index (Phi) is 2.44. The first-order chi connectivity index (χ1) is 6.70. The number of esters is 1. The molecule has 0 saturated heterocycles. The Morgan fingerprint density at radius 1 is 1.43 bits per heavy atom. The SMILES string of the molecule is C/C=C(\C)C(=O)OC1CC2C=CC1C2. The highest BCUT2D eigenvalue weighted by atomic mass is 16.5. The van der Waals surface area contributed by atoms with Gasteiger partial charge >= 0.3 is 5.97 Å². The van der Waals surface area contributed by atoms with Crippen LogP contribution >= 0.6 is 0 Å². The lowest BCUT2D eigenvalue weighted by Crippen LogP contribution is -2.22. The Hall–Kier alpha value is -1.05. The third-order valence-corrected chi connectivity index (χ3v) is 3.23. The monoisotopic (exact) mass is 192 g/mol. The standard InChI is InChI=1S/C12H16O2/c1-3-8(2)12(13)14-11-7-9-4-5-10(11)6-9/h3-5,9-11H,6-7H2,1-2H3/b8-3+. The van der Waals surface area contributed by atoms with E-state index in [0.717, 1.165) is 6.42 Å². The van der Waals surface area contributed by atoms with Gasteiger partial charge in [-0.25, -0.2) is 4.79 Å². The van der Waals surface area contributed by atoms with Gasteiger partial charge in [0.05, 0.1) is 0 Å². The van der Waals surface area contributed by atoms with Crippen molar-refractivity contribution in [3.8, 4) is 0 Å². The molecule has 14 heavy (non-hydrogen) atoms. The van der Waals surface area contributed by atoms with Gasteiger partial charge in [0.25, 0.3) is 0 Å². The molecule has 2 aliphatic rings. The molecule has 1 fully saturated rings. The first-order valence-electron chi connectivity index (χ1n) is 5.23. The molecular weight excluding hydrogens is 176 g/mol. The van der Waals surface area contributed by atoms with Gasteiger partial charge in [-0.2, -0.15) is 0 Å². The maximum Gasteiger partial charge on any atom is 0.333 e. The van der Waals surface area contributed by atoms with Gasteiger partial charge in [0.1, 0.15) is 6.10 Å². The summed E-state index contributed by atoms with van der Waals surface area (Å²) in [6.07, 6.45) is 8.56. The van der Waals surface area contributed by atoms with E-state index < -0.39 is 0 Å². The van der Waals surface area contributed by atoms with Crippen LogP contribution in [0.15, 0.2) is 23.8 Å². The van der Waals surface area contributed by atoms with E-state index in [1.807, 2.05) is 6.92 Å². The normalized spacial score (nSPS) is 35.0. The number of allylic oxidation sites excluding steroid dienone is 2. The maximum atomic E-state index is 11.5. The van der Waals surface area contributed by atoms with Crippen molar-refractivity contribution in [3.05, 3.63) is 23.8 Å². The van der Waals surface area contributed by atoms with Gasteiger partial charge in [-0.1, -0.05) is 18.2 Å². The average Bonchev–Trinajstić information content (AvgIpc) is 2.77. The molecule has 0 amide bonds. The van der Waals surface area contributed by atoms with Gasteiger partial charge in [-0.05, 0) is 32.6 Å². The third kappa shape index (κ3) is 1.61. The Bertz CT molecular complexity index is 301. The second-order valence-corrected chi connectivity index (χ2v) is 4.20. The van der Waals surface area contributed by atoms with E-state index in [9.17, 15) is 4.79 Å². The fourth-order valence-corrected chi connectivity index (χ4v) is 2.21. The van der Waals surface area contributed by atoms with Crippen LogP contribution in [-0.4, -0.2) is 12.1 Å². The first kappa shape index (κ1) is 9.50. The Labute approximate surface area is 84.6 Å². The van der Waals surface area contributed by atoms with Crippen LogP contribution in [0.2, 0.25) is 0 Å². The summed E-state index contributed by atoms with van der Waals surface area (Å²) in [5.74, 6) is 0.982. The summed E-state index contributed by atoms with van der Waals surface area (Å²) < 4.78 is 5.44. The van der Waals surface area contributed by atoms with Crippen LogP contribution in [-0.2, 0) is 9.53 Å². The zero-order valence-corrected chi connectivity index (χ0v) is 8.69. The van der Waals surface area contributed by atoms with Crippen molar-refractivity contribution in [1.29, 1.82) is 0 Å². The topological polar surface area (TPSA) is 26.3 Å². The molecule has 2 nitrogen and oxygen atoms in total. The molecule has 1 saturated carbocycles. The minimum absolute atomic E-state index is 0.132. The Morgan fingerprint density at radius 3 is 2.71 bits per heavy atom. The van der Waals surface area contributed by atoms with Gasteiger partial charge in [-0.3, -0.25) is 0 Å². The summed E-state index contributed by atoms with van der Waals surface area (Å²) >= 11 is 0. The van der Waals surface area contributed by atoms with Gasteiger partial charge in [-0.15, -0.1) is 0 Å². The van der Waals surface area contributed by atoms with Crippen molar-refractivity contribution in [2.24, 2.45) is 11.8 Å². The van der Waals surface area contributed by atoms with Crippen LogP contribution in [0.25, 0.3) is 0 Å². The molecule has 0 aromatic heterocycles. The van der Waals surface area contributed by atoms with Crippen molar-refractivity contribution in [1.82, 2.24) is 0 Å². The van der Waals surface area contributed by atoms with Gasteiger partial charge in [0.15, 0.2) is 0 Å². The summed E-state index contributed by atoms with van der Waals surface area (Å²) in [4.78, 5) is 11.5. The Morgan fingerprint density at radius 2 is 2.21 bits per heavy atom. The van der Waals surface area contributed by atoms with E-state index in [4.69, 9.17) is 4.74 Å². The number of carbonyl (C=O) groups is 1. The smallest absolute Gasteiger partial charge is 0.333 e. The van der Waals surface area contributed by atoms with Gasteiger partial charge in [0.2, 0.25) is 0 Å². The molecular formula is C12H16O2. The highest BCUT2D eigenvalue weighted by Crippen LogP contribution is 2.40. The molecule has 76 valence electrons. The van der Waals surface area contributed by atoms with Crippen LogP contribution in [0, 0.1) is 11.8 Å². The van der Waals surface area contributed by atoms with Crippen LogP contribution in [0.4, 0.5) is 0 Å². The third-order valence-electron chi connectivity index (χ3n) is 3.23. The number of fused-ring (bicyclic) bond motifs is 2. The van der Waals surface area contributed by atoms with Crippen molar-refractivity contribution >= 4 is 5.97 Å². The number of ether oxygens (including phenoxy) is 1. The zero-order valence-electron chi connectivity index (χ0n) is 8.69. The van der Waals surface area contributed by atoms with E-state index in [1.165, 1.54) is 6.42 Å².